The molecule has 0 radical (unpaired) electrons. The molecule has 0 saturated heterocycles. The number of hydrogen-bond acceptors (Lipinski definition) is 8. The summed E-state index contributed by atoms with van der Waals surface area (Å²) in [5, 5.41) is 0. The van der Waals surface area contributed by atoms with Gasteiger partial charge in [-0.05, 0) is 31.9 Å². The first-order valence-electron chi connectivity index (χ1n) is 10.9. The van der Waals surface area contributed by atoms with Crippen LogP contribution >= 0.6 is 0 Å². The summed E-state index contributed by atoms with van der Waals surface area (Å²) in [5.74, 6) is -1.72. The maximum atomic E-state index is 12.9. The monoisotopic (exact) mass is 457 g/mol. The van der Waals surface area contributed by atoms with E-state index in [1.807, 2.05) is 45.0 Å². The fourth-order valence-corrected chi connectivity index (χ4v) is 3.33. The molecule has 3 atom stereocenters. The second-order valence-electron chi connectivity index (χ2n) is 7.79. The third-order valence-electron chi connectivity index (χ3n) is 5.38. The molecule has 0 aliphatic heterocycles. The van der Waals surface area contributed by atoms with Crippen molar-refractivity contribution in [2.24, 2.45) is 5.92 Å². The first-order valence-corrected chi connectivity index (χ1v) is 10.9. The maximum Gasteiger partial charge on any atom is 0.514 e. The van der Waals surface area contributed by atoms with Gasteiger partial charge in [-0.25, -0.2) is 9.78 Å². The minimum absolute atomic E-state index is 0.0114. The van der Waals surface area contributed by atoms with E-state index in [0.29, 0.717) is 0 Å². The number of hydrogen-bond donors (Lipinski definition) is 0. The number of pyridine rings is 1. The van der Waals surface area contributed by atoms with Crippen molar-refractivity contribution in [2.75, 3.05) is 13.7 Å². The van der Waals surface area contributed by atoms with Crippen LogP contribution < -0.4 is 9.47 Å². The van der Waals surface area contributed by atoms with Gasteiger partial charge in [0.25, 0.3) is 0 Å². The highest BCUT2D eigenvalue weighted by Crippen LogP contribution is 2.32. The summed E-state index contributed by atoms with van der Waals surface area (Å²) < 4.78 is 20.8. The average Bonchev–Trinajstić information content (AvgIpc) is 2.78. The smallest absolute Gasteiger partial charge is 0.493 e. The lowest BCUT2D eigenvalue weighted by molar-refractivity contribution is -0.153. The van der Waals surface area contributed by atoms with Gasteiger partial charge in [0, 0.05) is 24.6 Å². The van der Waals surface area contributed by atoms with E-state index in [-0.39, 0.29) is 42.2 Å². The number of carbonyl (C=O) groups excluding carboxylic acids is 3. The third kappa shape index (κ3) is 6.78. The zero-order valence-electron chi connectivity index (χ0n) is 19.9. The Kier molecular flexibility index (Phi) is 9.39. The van der Waals surface area contributed by atoms with E-state index in [1.165, 1.54) is 19.4 Å². The van der Waals surface area contributed by atoms with Crippen LogP contribution in [0.1, 0.15) is 61.6 Å². The Balaban J connectivity index is 2.09. The van der Waals surface area contributed by atoms with E-state index >= 15 is 0 Å². The molecule has 2 rings (SSSR count). The van der Waals surface area contributed by atoms with Gasteiger partial charge in [0.15, 0.2) is 17.2 Å². The Morgan fingerprint density at radius 2 is 1.76 bits per heavy atom. The van der Waals surface area contributed by atoms with Crippen LogP contribution in [0.25, 0.3) is 0 Å². The molecule has 0 N–H and O–H groups in total. The zero-order chi connectivity index (χ0) is 24.5. The second-order valence-corrected chi connectivity index (χ2v) is 7.79. The quantitative estimate of drug-likeness (QED) is 0.368. The fraction of sp³-hybridized carbons (Fsp3) is 0.440. The number of benzene rings is 1. The molecule has 8 heteroatoms. The Morgan fingerprint density at radius 1 is 1.06 bits per heavy atom. The van der Waals surface area contributed by atoms with Crippen LogP contribution in [0.4, 0.5) is 4.79 Å². The lowest BCUT2D eigenvalue weighted by Crippen LogP contribution is -2.26. The molecule has 0 aliphatic carbocycles. The van der Waals surface area contributed by atoms with Gasteiger partial charge in [0.05, 0.1) is 19.6 Å². The van der Waals surface area contributed by atoms with Crippen LogP contribution in [-0.2, 0) is 14.3 Å². The molecule has 33 heavy (non-hydrogen) atoms. The number of rotatable bonds is 10. The SMILES string of the molecule is CCOC(=O)Oc1c(OC)ccnc1C(=O)C[C@@H](C)C(=O)O[C@@H](C)[C@@H](C)c1ccccc1C. The van der Waals surface area contributed by atoms with Gasteiger partial charge in [-0.1, -0.05) is 38.1 Å². The molecule has 0 amide bonds. The lowest BCUT2D eigenvalue weighted by atomic mass is 9.92. The van der Waals surface area contributed by atoms with Crippen molar-refractivity contribution < 1.29 is 33.3 Å². The fourth-order valence-electron chi connectivity index (χ4n) is 3.33. The molecule has 0 saturated carbocycles. The highest BCUT2D eigenvalue weighted by Gasteiger charge is 2.28. The molecule has 178 valence electrons. The number of nitrogens with zero attached hydrogens (tertiary/aromatic N) is 1. The Bertz CT molecular complexity index is 988. The highest BCUT2D eigenvalue weighted by molar-refractivity contribution is 5.99. The maximum absolute atomic E-state index is 12.9. The number of ether oxygens (including phenoxy) is 4. The molecular weight excluding hydrogens is 426 g/mol. The van der Waals surface area contributed by atoms with Crippen LogP contribution in [0, 0.1) is 12.8 Å². The Labute approximate surface area is 194 Å². The molecule has 0 bridgehead atoms. The van der Waals surface area contributed by atoms with Crippen molar-refractivity contribution >= 4 is 17.9 Å². The first-order chi connectivity index (χ1) is 15.7. The van der Waals surface area contributed by atoms with Crippen LogP contribution in [0.2, 0.25) is 0 Å². The predicted molar refractivity (Wildman–Crippen MR) is 122 cm³/mol. The van der Waals surface area contributed by atoms with Crippen molar-refractivity contribution in [3.05, 3.63) is 53.3 Å². The van der Waals surface area contributed by atoms with Gasteiger partial charge in [-0.2, -0.15) is 0 Å². The number of ketones is 1. The van der Waals surface area contributed by atoms with Crippen LogP contribution in [-0.4, -0.2) is 42.7 Å². The highest BCUT2D eigenvalue weighted by atomic mass is 16.7. The number of carbonyl (C=O) groups is 3. The zero-order valence-corrected chi connectivity index (χ0v) is 19.9. The van der Waals surface area contributed by atoms with Gasteiger partial charge >= 0.3 is 12.1 Å². The summed E-state index contributed by atoms with van der Waals surface area (Å²) in [7, 11) is 1.37. The van der Waals surface area contributed by atoms with Crippen LogP contribution in [0.5, 0.6) is 11.5 Å². The normalized spacial score (nSPS) is 13.4. The summed E-state index contributed by atoms with van der Waals surface area (Å²) >= 11 is 0. The summed E-state index contributed by atoms with van der Waals surface area (Å²) in [4.78, 5) is 41.4. The molecule has 0 aliphatic rings. The summed E-state index contributed by atoms with van der Waals surface area (Å²) in [5.41, 5.74) is 2.10. The number of aryl methyl sites for hydroxylation is 1. The minimum Gasteiger partial charge on any atom is -0.493 e. The molecule has 1 aromatic carbocycles. The van der Waals surface area contributed by atoms with Crippen LogP contribution in [0.15, 0.2) is 36.5 Å². The summed E-state index contributed by atoms with van der Waals surface area (Å²) in [6, 6.07) is 9.39. The average molecular weight is 458 g/mol. The van der Waals surface area contributed by atoms with Crippen molar-refractivity contribution in [1.82, 2.24) is 4.98 Å². The Morgan fingerprint density at radius 3 is 2.39 bits per heavy atom. The van der Waals surface area contributed by atoms with Crippen molar-refractivity contribution in [2.45, 2.75) is 53.1 Å². The third-order valence-corrected chi connectivity index (χ3v) is 5.38. The number of Topliss-reactive ketones (excluding diaryl/α,β-unsaturated/α-hetero) is 1. The van der Waals surface area contributed by atoms with Gasteiger partial charge in [0.2, 0.25) is 5.75 Å². The summed E-state index contributed by atoms with van der Waals surface area (Å²) in [6.07, 6.45) is -0.180. The van der Waals surface area contributed by atoms with Crippen molar-refractivity contribution in [1.29, 1.82) is 0 Å². The van der Waals surface area contributed by atoms with E-state index in [4.69, 9.17) is 18.9 Å². The van der Waals surface area contributed by atoms with E-state index < -0.39 is 23.8 Å². The van der Waals surface area contributed by atoms with E-state index in [2.05, 4.69) is 4.98 Å². The minimum atomic E-state index is -0.982. The first kappa shape index (κ1) is 25.8. The number of esters is 1. The van der Waals surface area contributed by atoms with E-state index in [9.17, 15) is 14.4 Å². The molecule has 0 unspecified atom stereocenters. The van der Waals surface area contributed by atoms with Crippen molar-refractivity contribution in [3.63, 3.8) is 0 Å². The molecule has 1 heterocycles. The van der Waals surface area contributed by atoms with Crippen LogP contribution in [0.3, 0.4) is 0 Å². The van der Waals surface area contributed by atoms with E-state index in [1.54, 1.807) is 13.8 Å². The predicted octanol–water partition coefficient (Wildman–Crippen LogP) is 4.88. The van der Waals surface area contributed by atoms with Gasteiger partial charge in [-0.15, -0.1) is 0 Å². The largest absolute Gasteiger partial charge is 0.514 e. The molecule has 0 fully saturated rings. The molecule has 8 nitrogen and oxygen atoms in total. The topological polar surface area (TPSA) is 101 Å². The van der Waals surface area contributed by atoms with Gasteiger partial charge in [-0.3, -0.25) is 9.59 Å². The molecular formula is C25H31NO7. The lowest BCUT2D eigenvalue weighted by Gasteiger charge is -2.23. The van der Waals surface area contributed by atoms with Gasteiger partial charge < -0.3 is 18.9 Å². The van der Waals surface area contributed by atoms with Gasteiger partial charge in [0.1, 0.15) is 6.10 Å². The number of aromatic nitrogens is 1. The summed E-state index contributed by atoms with van der Waals surface area (Å²) in [6.45, 7) is 9.18. The van der Waals surface area contributed by atoms with Crippen molar-refractivity contribution in [3.8, 4) is 11.5 Å². The molecule has 1 aromatic heterocycles. The van der Waals surface area contributed by atoms with E-state index in [0.717, 1.165) is 11.1 Å². The molecule has 0 spiro atoms. The Hall–Kier alpha value is -3.42. The number of methoxy groups -OCH3 is 1. The standard InChI is InChI=1S/C25H31NO7/c1-7-31-25(29)33-23-21(30-6)12-13-26-22(23)20(27)14-16(3)24(28)32-18(5)17(4)19-11-9-8-10-15(19)2/h8-13,16-18H,7,14H2,1-6H3/t16-,17-,18+/m1/s1. The second kappa shape index (κ2) is 12.0. The molecule has 2 aromatic rings.